The lowest BCUT2D eigenvalue weighted by atomic mass is 9.94. The molecule has 1 N–H and O–H groups in total. The smallest absolute Gasteiger partial charge is 0.243 e. The van der Waals surface area contributed by atoms with Crippen LogP contribution in [0.5, 0.6) is 0 Å². The number of hydrogen-bond donors (Lipinski definition) is 1. The summed E-state index contributed by atoms with van der Waals surface area (Å²) in [5, 5.41) is 3.20. The second-order valence-electron chi connectivity index (χ2n) is 8.28. The lowest BCUT2D eigenvalue weighted by molar-refractivity contribution is -0.126. The summed E-state index contributed by atoms with van der Waals surface area (Å²) >= 11 is 0. The van der Waals surface area contributed by atoms with Crippen LogP contribution < -0.4 is 5.32 Å². The fourth-order valence-corrected chi connectivity index (χ4v) is 5.78. The summed E-state index contributed by atoms with van der Waals surface area (Å²) in [6.07, 6.45) is 1.33. The summed E-state index contributed by atoms with van der Waals surface area (Å²) in [5.41, 5.74) is 3.13. The Morgan fingerprint density at radius 1 is 0.938 bits per heavy atom. The van der Waals surface area contributed by atoms with E-state index in [9.17, 15) is 13.2 Å². The van der Waals surface area contributed by atoms with E-state index in [4.69, 9.17) is 0 Å². The zero-order chi connectivity index (χ0) is 22.6. The molecule has 0 saturated carbocycles. The second-order valence-corrected chi connectivity index (χ2v) is 10.2. The second kappa shape index (κ2) is 9.67. The highest BCUT2D eigenvalue weighted by Gasteiger charge is 2.34. The van der Waals surface area contributed by atoms with E-state index >= 15 is 0 Å². The number of amides is 1. The van der Waals surface area contributed by atoms with Crippen LogP contribution in [0, 0.1) is 12.8 Å². The zero-order valence-corrected chi connectivity index (χ0v) is 19.0. The number of aryl methyl sites for hydroxylation is 1. The fraction of sp³-hybridized carbons (Fsp3) is 0.269. The fourth-order valence-electron chi connectivity index (χ4n) is 4.23. The van der Waals surface area contributed by atoms with Crippen LogP contribution in [0.15, 0.2) is 89.8 Å². The van der Waals surface area contributed by atoms with Crippen molar-refractivity contribution in [1.29, 1.82) is 0 Å². The van der Waals surface area contributed by atoms with Crippen molar-refractivity contribution in [3.63, 3.8) is 0 Å². The molecule has 0 radical (unpaired) electrons. The van der Waals surface area contributed by atoms with Crippen molar-refractivity contribution < 1.29 is 13.2 Å². The standard InChI is InChI=1S/C26H28N2O3S/c1-20-10-8-13-22(18-20)25(21-11-4-2-5-12-21)27-26(29)23-14-9-17-28(19-23)32(30,31)24-15-6-3-7-16-24/h2-8,10-13,15-16,18,23,25H,9,14,17,19H2,1H3,(H,27,29)/t23-,25+/m1/s1. The molecule has 0 spiro atoms. The Balaban J connectivity index is 1.55. The lowest BCUT2D eigenvalue weighted by Gasteiger charge is -2.32. The van der Waals surface area contributed by atoms with Crippen LogP contribution in [-0.4, -0.2) is 31.7 Å². The molecular formula is C26H28N2O3S. The first-order valence-corrected chi connectivity index (χ1v) is 12.4. The molecule has 2 atom stereocenters. The number of hydrogen-bond acceptors (Lipinski definition) is 3. The summed E-state index contributed by atoms with van der Waals surface area (Å²) in [7, 11) is -3.61. The van der Waals surface area contributed by atoms with Gasteiger partial charge < -0.3 is 5.32 Å². The summed E-state index contributed by atoms with van der Waals surface area (Å²) in [6, 6.07) is 26.1. The Morgan fingerprint density at radius 2 is 1.59 bits per heavy atom. The van der Waals surface area contributed by atoms with Gasteiger partial charge in [-0.3, -0.25) is 4.79 Å². The summed E-state index contributed by atoms with van der Waals surface area (Å²) < 4.78 is 27.5. The molecule has 3 aromatic carbocycles. The number of nitrogens with zero attached hydrogens (tertiary/aromatic N) is 1. The SMILES string of the molecule is Cc1cccc([C@@H](NC(=O)[C@@H]2CCCN(S(=O)(=O)c3ccccc3)C2)c2ccccc2)c1. The van der Waals surface area contributed by atoms with Crippen LogP contribution in [-0.2, 0) is 14.8 Å². The van der Waals surface area contributed by atoms with Gasteiger partial charge >= 0.3 is 0 Å². The number of nitrogens with one attached hydrogen (secondary N) is 1. The van der Waals surface area contributed by atoms with E-state index in [2.05, 4.69) is 11.4 Å². The predicted molar refractivity (Wildman–Crippen MR) is 126 cm³/mol. The Labute approximate surface area is 190 Å². The molecular weight excluding hydrogens is 420 g/mol. The van der Waals surface area contributed by atoms with Gasteiger partial charge in [0.25, 0.3) is 0 Å². The normalized spacial score (nSPS) is 18.1. The van der Waals surface area contributed by atoms with Crippen molar-refractivity contribution in [3.8, 4) is 0 Å². The maximum atomic E-state index is 13.3. The molecule has 166 valence electrons. The molecule has 1 fully saturated rings. The number of rotatable bonds is 6. The van der Waals surface area contributed by atoms with Crippen molar-refractivity contribution in [1.82, 2.24) is 9.62 Å². The van der Waals surface area contributed by atoms with E-state index in [1.807, 2.05) is 55.5 Å². The average Bonchev–Trinajstić information content (AvgIpc) is 2.83. The highest BCUT2D eigenvalue weighted by atomic mass is 32.2. The van der Waals surface area contributed by atoms with Gasteiger partial charge in [-0.25, -0.2) is 8.42 Å². The van der Waals surface area contributed by atoms with Crippen LogP contribution >= 0.6 is 0 Å². The van der Waals surface area contributed by atoms with Gasteiger partial charge in [-0.2, -0.15) is 4.31 Å². The van der Waals surface area contributed by atoms with E-state index in [1.165, 1.54) is 4.31 Å². The molecule has 0 aromatic heterocycles. The van der Waals surface area contributed by atoms with Crippen LogP contribution in [0.1, 0.15) is 35.6 Å². The van der Waals surface area contributed by atoms with E-state index in [-0.39, 0.29) is 23.4 Å². The predicted octanol–water partition coefficient (Wildman–Crippen LogP) is 4.30. The molecule has 1 saturated heterocycles. The van der Waals surface area contributed by atoms with Crippen molar-refractivity contribution in [3.05, 3.63) is 102 Å². The molecule has 0 unspecified atom stereocenters. The van der Waals surface area contributed by atoms with Gasteiger partial charge in [0.05, 0.1) is 16.9 Å². The Hall–Kier alpha value is -2.96. The van der Waals surface area contributed by atoms with Crippen molar-refractivity contribution >= 4 is 15.9 Å². The van der Waals surface area contributed by atoms with Gasteiger partial charge in [0.2, 0.25) is 15.9 Å². The highest BCUT2D eigenvalue weighted by molar-refractivity contribution is 7.89. The Morgan fingerprint density at radius 3 is 2.28 bits per heavy atom. The summed E-state index contributed by atoms with van der Waals surface area (Å²) in [6.45, 7) is 2.65. The van der Waals surface area contributed by atoms with E-state index in [1.54, 1.807) is 30.3 Å². The molecule has 6 heteroatoms. The number of benzene rings is 3. The molecule has 32 heavy (non-hydrogen) atoms. The molecule has 1 amide bonds. The molecule has 5 nitrogen and oxygen atoms in total. The van der Waals surface area contributed by atoms with Crippen LogP contribution in [0.25, 0.3) is 0 Å². The van der Waals surface area contributed by atoms with Gasteiger partial charge in [0.15, 0.2) is 0 Å². The molecule has 1 aliphatic rings. The van der Waals surface area contributed by atoms with E-state index in [0.717, 1.165) is 16.7 Å². The number of piperidine rings is 1. The van der Waals surface area contributed by atoms with Gasteiger partial charge in [0, 0.05) is 13.1 Å². The summed E-state index contributed by atoms with van der Waals surface area (Å²) in [4.78, 5) is 13.6. The number of sulfonamides is 1. The molecule has 0 bridgehead atoms. The maximum Gasteiger partial charge on any atom is 0.243 e. The minimum Gasteiger partial charge on any atom is -0.345 e. The number of carbonyl (C=O) groups is 1. The first-order valence-electron chi connectivity index (χ1n) is 10.9. The largest absolute Gasteiger partial charge is 0.345 e. The van der Waals surface area contributed by atoms with Crippen LogP contribution in [0.3, 0.4) is 0 Å². The van der Waals surface area contributed by atoms with Gasteiger partial charge in [-0.05, 0) is 43.0 Å². The molecule has 1 heterocycles. The third-order valence-corrected chi connectivity index (χ3v) is 7.81. The van der Waals surface area contributed by atoms with E-state index < -0.39 is 15.9 Å². The van der Waals surface area contributed by atoms with Gasteiger partial charge in [0.1, 0.15) is 0 Å². The molecule has 1 aliphatic heterocycles. The monoisotopic (exact) mass is 448 g/mol. The Bertz CT molecular complexity index is 1160. The lowest BCUT2D eigenvalue weighted by Crippen LogP contribution is -2.46. The quantitative estimate of drug-likeness (QED) is 0.611. The van der Waals surface area contributed by atoms with Crippen molar-refractivity contribution in [2.75, 3.05) is 13.1 Å². The van der Waals surface area contributed by atoms with Crippen LogP contribution in [0.2, 0.25) is 0 Å². The molecule has 4 rings (SSSR count). The molecule has 0 aliphatic carbocycles. The van der Waals surface area contributed by atoms with Gasteiger partial charge in [-0.15, -0.1) is 0 Å². The summed E-state index contributed by atoms with van der Waals surface area (Å²) in [5.74, 6) is -0.508. The van der Waals surface area contributed by atoms with Gasteiger partial charge in [-0.1, -0.05) is 78.4 Å². The first kappa shape index (κ1) is 22.2. The average molecular weight is 449 g/mol. The minimum absolute atomic E-state index is 0.117. The maximum absolute atomic E-state index is 13.3. The minimum atomic E-state index is -3.61. The first-order chi connectivity index (χ1) is 15.4. The van der Waals surface area contributed by atoms with Crippen molar-refractivity contribution in [2.45, 2.75) is 30.7 Å². The van der Waals surface area contributed by atoms with E-state index in [0.29, 0.717) is 19.4 Å². The van der Waals surface area contributed by atoms with Crippen LogP contribution in [0.4, 0.5) is 0 Å². The van der Waals surface area contributed by atoms with Crippen molar-refractivity contribution in [2.24, 2.45) is 5.92 Å². The zero-order valence-electron chi connectivity index (χ0n) is 18.1. The Kier molecular flexibility index (Phi) is 6.72. The third-order valence-electron chi connectivity index (χ3n) is 5.93. The topological polar surface area (TPSA) is 66.5 Å². The molecule has 3 aromatic rings. The highest BCUT2D eigenvalue weighted by Crippen LogP contribution is 2.27. The number of carbonyl (C=O) groups excluding carboxylic acids is 1. The third kappa shape index (κ3) is 4.92.